The lowest BCUT2D eigenvalue weighted by Gasteiger charge is -2.19. The molecule has 8 heteroatoms. The largest absolute Gasteiger partial charge is 0.495 e. The fraction of sp³-hybridized carbons (Fsp3) is 0.435. The second kappa shape index (κ2) is 10.6. The average molecular weight is 449 g/mol. The average Bonchev–Trinajstić information content (AvgIpc) is 2.72. The number of amides is 1. The van der Waals surface area contributed by atoms with Crippen molar-refractivity contribution in [1.29, 1.82) is 0 Å². The number of carbonyl (C=O) groups is 1. The van der Waals surface area contributed by atoms with Crippen molar-refractivity contribution in [3.05, 3.63) is 53.1 Å². The quantitative estimate of drug-likeness (QED) is 0.544. The van der Waals surface area contributed by atoms with Gasteiger partial charge in [-0.2, -0.15) is 0 Å². The Morgan fingerprint density at radius 3 is 2.29 bits per heavy atom. The first-order valence-corrected chi connectivity index (χ1v) is 11.7. The molecular weight excluding hydrogens is 416 g/mol. The molecular formula is C23H32N2O5S. The van der Waals surface area contributed by atoms with E-state index in [0.29, 0.717) is 5.75 Å². The number of hydrogen-bond donors (Lipinski definition) is 2. The van der Waals surface area contributed by atoms with Crippen molar-refractivity contribution in [2.45, 2.75) is 51.5 Å². The van der Waals surface area contributed by atoms with Gasteiger partial charge < -0.3 is 14.8 Å². The van der Waals surface area contributed by atoms with Gasteiger partial charge >= 0.3 is 0 Å². The Labute approximate surface area is 185 Å². The molecule has 2 aromatic carbocycles. The zero-order valence-electron chi connectivity index (χ0n) is 19.0. The second-order valence-electron chi connectivity index (χ2n) is 7.73. The van der Waals surface area contributed by atoms with E-state index in [1.54, 1.807) is 19.1 Å². The molecule has 0 aromatic heterocycles. The van der Waals surface area contributed by atoms with Crippen molar-refractivity contribution in [3.63, 3.8) is 0 Å². The number of hydrogen-bond acceptors (Lipinski definition) is 5. The number of nitrogens with one attached hydrogen (secondary N) is 2. The monoisotopic (exact) mass is 448 g/mol. The summed E-state index contributed by atoms with van der Waals surface area (Å²) in [4.78, 5) is 12.4. The highest BCUT2D eigenvalue weighted by Gasteiger charge is 2.21. The van der Waals surface area contributed by atoms with E-state index in [0.717, 1.165) is 16.7 Å². The summed E-state index contributed by atoms with van der Waals surface area (Å²) in [5, 5.41) is 2.70. The highest BCUT2D eigenvalue weighted by Crippen LogP contribution is 2.27. The predicted octanol–water partition coefficient (Wildman–Crippen LogP) is 3.30. The third-order valence-corrected chi connectivity index (χ3v) is 6.48. The van der Waals surface area contributed by atoms with Crippen LogP contribution in [0.5, 0.6) is 11.5 Å². The van der Waals surface area contributed by atoms with Crippen LogP contribution in [0.15, 0.2) is 41.3 Å². The zero-order chi connectivity index (χ0) is 23.2. The number of rotatable bonds is 10. The second-order valence-corrected chi connectivity index (χ2v) is 9.46. The van der Waals surface area contributed by atoms with Crippen molar-refractivity contribution in [3.8, 4) is 11.5 Å². The van der Waals surface area contributed by atoms with Crippen LogP contribution in [0.4, 0.5) is 0 Å². The normalized spacial score (nSPS) is 12.5. The van der Waals surface area contributed by atoms with Crippen LogP contribution >= 0.6 is 0 Å². The first-order valence-electron chi connectivity index (χ1n) is 10.2. The Morgan fingerprint density at radius 2 is 1.65 bits per heavy atom. The number of ether oxygens (including phenoxy) is 2. The summed E-state index contributed by atoms with van der Waals surface area (Å²) in [5.74, 6) is 0.901. The van der Waals surface area contributed by atoms with Crippen molar-refractivity contribution in [2.24, 2.45) is 0 Å². The molecule has 2 rings (SSSR count). The minimum atomic E-state index is -3.78. The molecule has 7 nitrogen and oxygen atoms in total. The number of para-hydroxylation sites is 1. The van der Waals surface area contributed by atoms with Gasteiger partial charge in [-0.3, -0.25) is 4.79 Å². The molecule has 0 saturated carbocycles. The molecule has 0 saturated heterocycles. The molecule has 0 radical (unpaired) electrons. The molecule has 0 heterocycles. The van der Waals surface area contributed by atoms with Crippen LogP contribution in [0.25, 0.3) is 0 Å². The van der Waals surface area contributed by atoms with Gasteiger partial charge in [0.05, 0.1) is 7.11 Å². The number of aryl methyl sites for hydroxylation is 2. The Bertz CT molecular complexity index is 1020. The van der Waals surface area contributed by atoms with Gasteiger partial charge in [-0.05, 0) is 61.6 Å². The van der Waals surface area contributed by atoms with Crippen molar-refractivity contribution in [2.75, 3.05) is 20.2 Å². The van der Waals surface area contributed by atoms with E-state index in [2.05, 4.69) is 23.9 Å². The molecule has 1 amide bonds. The van der Waals surface area contributed by atoms with E-state index in [1.807, 2.05) is 38.1 Å². The van der Waals surface area contributed by atoms with Crippen LogP contribution in [0.3, 0.4) is 0 Å². The highest BCUT2D eigenvalue weighted by molar-refractivity contribution is 7.89. The number of benzene rings is 2. The minimum Gasteiger partial charge on any atom is -0.495 e. The molecule has 31 heavy (non-hydrogen) atoms. The van der Waals surface area contributed by atoms with Gasteiger partial charge in [-0.25, -0.2) is 13.1 Å². The summed E-state index contributed by atoms with van der Waals surface area (Å²) in [6, 6.07) is 10.9. The maximum Gasteiger partial charge on any atom is 0.260 e. The Balaban J connectivity index is 1.92. The van der Waals surface area contributed by atoms with E-state index >= 15 is 0 Å². The summed E-state index contributed by atoms with van der Waals surface area (Å²) in [7, 11) is -2.35. The molecule has 0 aliphatic heterocycles. The van der Waals surface area contributed by atoms with Crippen LogP contribution in [-0.2, 0) is 14.8 Å². The van der Waals surface area contributed by atoms with Crippen LogP contribution in [-0.4, -0.2) is 40.6 Å². The summed E-state index contributed by atoms with van der Waals surface area (Å²) >= 11 is 0. The first kappa shape index (κ1) is 24.7. The Kier molecular flexibility index (Phi) is 8.47. The van der Waals surface area contributed by atoms with Crippen LogP contribution < -0.4 is 19.5 Å². The Morgan fingerprint density at radius 1 is 1.00 bits per heavy atom. The molecule has 170 valence electrons. The third kappa shape index (κ3) is 6.45. The van der Waals surface area contributed by atoms with Gasteiger partial charge in [-0.1, -0.05) is 32.0 Å². The van der Waals surface area contributed by atoms with Gasteiger partial charge in [0.15, 0.2) is 6.10 Å². The van der Waals surface area contributed by atoms with Crippen LogP contribution in [0.2, 0.25) is 0 Å². The third-order valence-electron chi connectivity index (χ3n) is 5.00. The fourth-order valence-electron chi connectivity index (χ4n) is 3.03. The lowest BCUT2D eigenvalue weighted by Crippen LogP contribution is -2.40. The van der Waals surface area contributed by atoms with E-state index in [9.17, 15) is 13.2 Å². The maximum absolute atomic E-state index is 12.7. The van der Waals surface area contributed by atoms with E-state index in [1.165, 1.54) is 7.11 Å². The van der Waals surface area contributed by atoms with Crippen molar-refractivity contribution >= 4 is 15.9 Å². The zero-order valence-corrected chi connectivity index (χ0v) is 19.8. The fourth-order valence-corrected chi connectivity index (χ4v) is 4.30. The van der Waals surface area contributed by atoms with Gasteiger partial charge in [0.1, 0.15) is 16.4 Å². The van der Waals surface area contributed by atoms with Crippen LogP contribution in [0, 0.1) is 13.8 Å². The molecule has 1 unspecified atom stereocenters. The van der Waals surface area contributed by atoms with E-state index in [4.69, 9.17) is 9.47 Å². The van der Waals surface area contributed by atoms with Crippen molar-refractivity contribution < 1.29 is 22.7 Å². The molecule has 1 atom stereocenters. The van der Waals surface area contributed by atoms with E-state index < -0.39 is 16.1 Å². The molecule has 0 spiro atoms. The van der Waals surface area contributed by atoms with Gasteiger partial charge in [0.25, 0.3) is 5.91 Å². The molecule has 2 N–H and O–H groups in total. The summed E-state index contributed by atoms with van der Waals surface area (Å²) in [6.45, 7) is 9.68. The number of carbonyl (C=O) groups excluding carboxylic acids is 1. The smallest absolute Gasteiger partial charge is 0.260 e. The standard InChI is InChI=1S/C23H32N2O5S/c1-15(2)19-9-7-8-10-20(19)30-18(5)23(26)24-11-12-25-31(27,28)22-14-17(4)16(3)13-21(22)29-6/h7-10,13-15,18,25H,11-12H2,1-6H3,(H,24,26). The summed E-state index contributed by atoms with van der Waals surface area (Å²) in [6.07, 6.45) is -0.712. The van der Waals surface area contributed by atoms with Crippen LogP contribution in [0.1, 0.15) is 43.4 Å². The first-order chi connectivity index (χ1) is 14.6. The van der Waals surface area contributed by atoms with Gasteiger partial charge in [-0.15, -0.1) is 0 Å². The maximum atomic E-state index is 12.7. The molecule has 0 aliphatic rings. The van der Waals surface area contributed by atoms with Crippen molar-refractivity contribution in [1.82, 2.24) is 10.0 Å². The topological polar surface area (TPSA) is 93.7 Å². The highest BCUT2D eigenvalue weighted by atomic mass is 32.2. The molecule has 2 aromatic rings. The summed E-state index contributed by atoms with van der Waals surface area (Å²) in [5.41, 5.74) is 2.82. The minimum absolute atomic E-state index is 0.0411. The molecule has 0 aliphatic carbocycles. The number of methoxy groups -OCH3 is 1. The number of sulfonamides is 1. The molecule has 0 bridgehead atoms. The predicted molar refractivity (Wildman–Crippen MR) is 121 cm³/mol. The summed E-state index contributed by atoms with van der Waals surface area (Å²) < 4.78 is 38.9. The van der Waals surface area contributed by atoms with Gasteiger partial charge in [0.2, 0.25) is 10.0 Å². The lowest BCUT2D eigenvalue weighted by atomic mass is 10.0. The van der Waals surface area contributed by atoms with Gasteiger partial charge in [0, 0.05) is 13.1 Å². The lowest BCUT2D eigenvalue weighted by molar-refractivity contribution is -0.127. The Hall–Kier alpha value is -2.58. The SMILES string of the molecule is COc1cc(C)c(C)cc1S(=O)(=O)NCCNC(=O)C(C)Oc1ccccc1C(C)C. The molecule has 0 fully saturated rings. The van der Waals surface area contributed by atoms with E-state index in [-0.39, 0.29) is 35.6 Å².